The minimum atomic E-state index is -0.421. The molecule has 3 rings (SSSR count). The van der Waals surface area contributed by atoms with Gasteiger partial charge in [-0.1, -0.05) is 11.6 Å². The minimum Gasteiger partial charge on any atom is -0.489 e. The number of pyridine rings is 1. The number of imide groups is 1. The SMILES string of the molecule is O=C1CCN(CCC(=O)N2CCC(Oc3ccncc3Cl)CC2)C(=O)N1. The quantitative estimate of drug-likeness (QED) is 0.834. The van der Waals surface area contributed by atoms with Gasteiger partial charge in [-0.25, -0.2) is 4.79 Å². The molecule has 4 amide bonds. The molecule has 2 saturated heterocycles. The Morgan fingerprint density at radius 3 is 2.77 bits per heavy atom. The second-order valence-electron chi connectivity index (χ2n) is 6.34. The molecule has 1 aromatic rings. The van der Waals surface area contributed by atoms with E-state index in [1.807, 2.05) is 0 Å². The third-order valence-corrected chi connectivity index (χ3v) is 4.85. The van der Waals surface area contributed by atoms with E-state index in [0.29, 0.717) is 37.0 Å². The van der Waals surface area contributed by atoms with E-state index in [0.717, 1.165) is 12.8 Å². The second-order valence-corrected chi connectivity index (χ2v) is 6.75. The highest BCUT2D eigenvalue weighted by atomic mass is 35.5. The Kier molecular flexibility index (Phi) is 5.92. The first-order valence-electron chi connectivity index (χ1n) is 8.65. The molecule has 1 aromatic heterocycles. The fourth-order valence-corrected chi connectivity index (χ4v) is 3.23. The molecule has 0 unspecified atom stereocenters. The number of urea groups is 1. The summed E-state index contributed by atoms with van der Waals surface area (Å²) in [6, 6.07) is 1.31. The fourth-order valence-electron chi connectivity index (χ4n) is 3.06. The predicted octanol–water partition coefficient (Wildman–Crippen LogP) is 1.44. The van der Waals surface area contributed by atoms with E-state index in [9.17, 15) is 14.4 Å². The molecule has 9 heteroatoms. The van der Waals surface area contributed by atoms with Crippen LogP contribution in [0.3, 0.4) is 0 Å². The van der Waals surface area contributed by atoms with Gasteiger partial charge < -0.3 is 14.5 Å². The van der Waals surface area contributed by atoms with E-state index >= 15 is 0 Å². The maximum absolute atomic E-state index is 12.4. The van der Waals surface area contributed by atoms with Crippen molar-refractivity contribution in [2.45, 2.75) is 31.8 Å². The largest absolute Gasteiger partial charge is 0.489 e. The van der Waals surface area contributed by atoms with Crippen LogP contribution in [0.15, 0.2) is 18.5 Å². The van der Waals surface area contributed by atoms with Crippen LogP contribution in [0.4, 0.5) is 4.79 Å². The molecule has 26 heavy (non-hydrogen) atoms. The minimum absolute atomic E-state index is 0.00935. The highest BCUT2D eigenvalue weighted by Gasteiger charge is 2.27. The van der Waals surface area contributed by atoms with Crippen molar-refractivity contribution in [3.63, 3.8) is 0 Å². The highest BCUT2D eigenvalue weighted by molar-refractivity contribution is 6.31. The first kappa shape index (κ1) is 18.4. The summed E-state index contributed by atoms with van der Waals surface area (Å²) < 4.78 is 5.89. The summed E-state index contributed by atoms with van der Waals surface area (Å²) in [5.74, 6) is 0.348. The van der Waals surface area contributed by atoms with Gasteiger partial charge in [-0.15, -0.1) is 0 Å². The van der Waals surface area contributed by atoms with Gasteiger partial charge >= 0.3 is 6.03 Å². The van der Waals surface area contributed by atoms with Gasteiger partial charge in [0.05, 0.1) is 0 Å². The number of nitrogens with zero attached hydrogens (tertiary/aromatic N) is 3. The van der Waals surface area contributed by atoms with Crippen molar-refractivity contribution in [2.24, 2.45) is 0 Å². The van der Waals surface area contributed by atoms with Crippen LogP contribution >= 0.6 is 11.6 Å². The predicted molar refractivity (Wildman–Crippen MR) is 93.8 cm³/mol. The summed E-state index contributed by atoms with van der Waals surface area (Å²) in [4.78, 5) is 42.4. The standard InChI is InChI=1S/C17H21ClN4O4/c18-13-11-19-6-1-14(13)26-12-2-7-21(8-3-12)16(24)5-10-22-9-4-15(23)20-17(22)25/h1,6,11-12H,2-5,7-10H2,(H,20,23,25). The monoisotopic (exact) mass is 380 g/mol. The Morgan fingerprint density at radius 2 is 2.08 bits per heavy atom. The van der Waals surface area contributed by atoms with Gasteiger partial charge in [0.25, 0.3) is 0 Å². The normalized spacial score (nSPS) is 18.7. The van der Waals surface area contributed by atoms with Crippen molar-refractivity contribution >= 4 is 29.4 Å². The number of hydrogen-bond acceptors (Lipinski definition) is 5. The van der Waals surface area contributed by atoms with Crippen LogP contribution in [-0.4, -0.2) is 64.9 Å². The number of aromatic nitrogens is 1. The summed E-state index contributed by atoms with van der Waals surface area (Å²) in [6.07, 6.45) is 5.16. The lowest BCUT2D eigenvalue weighted by Gasteiger charge is -2.33. The zero-order valence-corrected chi connectivity index (χ0v) is 15.1. The average molecular weight is 381 g/mol. The van der Waals surface area contributed by atoms with Crippen LogP contribution in [0.1, 0.15) is 25.7 Å². The van der Waals surface area contributed by atoms with Gasteiger partial charge in [0.2, 0.25) is 11.8 Å². The molecule has 0 aromatic carbocycles. The molecule has 3 heterocycles. The van der Waals surface area contributed by atoms with Crippen molar-refractivity contribution in [1.82, 2.24) is 20.1 Å². The molecule has 2 fully saturated rings. The molecule has 1 N–H and O–H groups in total. The maximum Gasteiger partial charge on any atom is 0.324 e. The molecule has 0 spiro atoms. The Hall–Kier alpha value is -2.35. The third-order valence-electron chi connectivity index (χ3n) is 4.56. The summed E-state index contributed by atoms with van der Waals surface area (Å²) in [5.41, 5.74) is 0. The molecule has 0 bridgehead atoms. The lowest BCUT2D eigenvalue weighted by Crippen LogP contribution is -2.50. The molecule has 2 aliphatic rings. The summed E-state index contributed by atoms with van der Waals surface area (Å²) in [6.45, 7) is 1.90. The number of piperidine rings is 1. The van der Waals surface area contributed by atoms with Crippen molar-refractivity contribution in [2.75, 3.05) is 26.2 Å². The van der Waals surface area contributed by atoms with Crippen molar-refractivity contribution < 1.29 is 19.1 Å². The molecular formula is C17H21ClN4O4. The maximum atomic E-state index is 12.4. The first-order chi connectivity index (χ1) is 12.5. The molecular weight excluding hydrogens is 360 g/mol. The number of amides is 4. The number of carbonyl (C=O) groups is 3. The van der Waals surface area contributed by atoms with Crippen molar-refractivity contribution in [3.05, 3.63) is 23.5 Å². The lowest BCUT2D eigenvalue weighted by atomic mass is 10.1. The average Bonchev–Trinajstić information content (AvgIpc) is 2.63. The van der Waals surface area contributed by atoms with Crippen LogP contribution in [0, 0.1) is 0 Å². The molecule has 0 atom stereocenters. The first-order valence-corrected chi connectivity index (χ1v) is 9.03. The Bertz CT molecular complexity index is 691. The smallest absolute Gasteiger partial charge is 0.324 e. The lowest BCUT2D eigenvalue weighted by molar-refractivity contribution is -0.133. The number of halogens is 1. The fraction of sp³-hybridized carbons (Fsp3) is 0.529. The van der Waals surface area contributed by atoms with E-state index in [-0.39, 0.29) is 30.8 Å². The van der Waals surface area contributed by atoms with Crippen LogP contribution in [0.5, 0.6) is 5.75 Å². The van der Waals surface area contributed by atoms with Crippen LogP contribution in [0.2, 0.25) is 5.02 Å². The van der Waals surface area contributed by atoms with E-state index in [1.165, 1.54) is 4.90 Å². The molecule has 2 aliphatic heterocycles. The topological polar surface area (TPSA) is 91.8 Å². The van der Waals surface area contributed by atoms with Gasteiger partial charge in [0.1, 0.15) is 16.9 Å². The Labute approximate surface area is 156 Å². The third kappa shape index (κ3) is 4.63. The summed E-state index contributed by atoms with van der Waals surface area (Å²) >= 11 is 6.05. The molecule has 0 aliphatic carbocycles. The number of hydrogen-bond donors (Lipinski definition) is 1. The van der Waals surface area contributed by atoms with Gasteiger partial charge in [0.15, 0.2) is 0 Å². The molecule has 8 nitrogen and oxygen atoms in total. The van der Waals surface area contributed by atoms with Gasteiger partial charge in [0, 0.05) is 70.3 Å². The van der Waals surface area contributed by atoms with Gasteiger partial charge in [-0.05, 0) is 0 Å². The molecule has 0 radical (unpaired) electrons. The van der Waals surface area contributed by atoms with Gasteiger partial charge in [-0.3, -0.25) is 19.9 Å². The summed E-state index contributed by atoms with van der Waals surface area (Å²) in [5, 5.41) is 2.73. The Morgan fingerprint density at radius 1 is 1.31 bits per heavy atom. The zero-order valence-electron chi connectivity index (χ0n) is 14.3. The van der Waals surface area contributed by atoms with E-state index in [4.69, 9.17) is 16.3 Å². The van der Waals surface area contributed by atoms with Crippen LogP contribution < -0.4 is 10.1 Å². The van der Waals surface area contributed by atoms with Crippen molar-refractivity contribution in [3.8, 4) is 5.75 Å². The zero-order chi connectivity index (χ0) is 18.5. The summed E-state index contributed by atoms with van der Waals surface area (Å²) in [7, 11) is 0. The second kappa shape index (κ2) is 8.35. The van der Waals surface area contributed by atoms with E-state index < -0.39 is 6.03 Å². The van der Waals surface area contributed by atoms with E-state index in [1.54, 1.807) is 23.4 Å². The number of likely N-dealkylation sites (tertiary alicyclic amines) is 1. The number of nitrogens with one attached hydrogen (secondary N) is 1. The van der Waals surface area contributed by atoms with Crippen LogP contribution in [-0.2, 0) is 9.59 Å². The molecule has 0 saturated carbocycles. The highest BCUT2D eigenvalue weighted by Crippen LogP contribution is 2.26. The number of rotatable bonds is 5. The van der Waals surface area contributed by atoms with Gasteiger partial charge in [-0.2, -0.15) is 0 Å². The van der Waals surface area contributed by atoms with Crippen molar-refractivity contribution in [1.29, 1.82) is 0 Å². The number of ether oxygens (including phenoxy) is 1. The van der Waals surface area contributed by atoms with Crippen LogP contribution in [0.25, 0.3) is 0 Å². The van der Waals surface area contributed by atoms with E-state index in [2.05, 4.69) is 10.3 Å². The molecule has 140 valence electrons. The number of carbonyl (C=O) groups excluding carboxylic acids is 3. The Balaban J connectivity index is 1.41.